The van der Waals surface area contributed by atoms with Gasteiger partial charge in [0.15, 0.2) is 0 Å². The highest BCUT2D eigenvalue weighted by Crippen LogP contribution is 2.21. The van der Waals surface area contributed by atoms with Gasteiger partial charge in [-0.3, -0.25) is 0 Å². The van der Waals surface area contributed by atoms with E-state index in [-0.39, 0.29) is 5.28 Å². The highest BCUT2D eigenvalue weighted by atomic mass is 35.5. The number of ether oxygens (including phenoxy) is 1. The Kier molecular flexibility index (Phi) is 4.24. The van der Waals surface area contributed by atoms with Crippen LogP contribution in [0.4, 0.5) is 11.9 Å². The molecule has 0 spiro atoms. The smallest absolute Gasteiger partial charge is 0.231 e. The summed E-state index contributed by atoms with van der Waals surface area (Å²) in [6.07, 6.45) is 1.14. The lowest BCUT2D eigenvalue weighted by Crippen LogP contribution is -2.37. The summed E-state index contributed by atoms with van der Waals surface area (Å²) in [5, 5.41) is 3.58. The summed E-state index contributed by atoms with van der Waals surface area (Å²) in [4.78, 5) is 14.9. The standard InChI is InChI=1S/C11H16ClN5OS/c12-9-14-10(13-8-1-6-19-7-8)16-11(15-9)17-2-4-18-5-3-17/h8H,1-7H2,(H,13,14,15,16). The van der Waals surface area contributed by atoms with Crippen LogP contribution < -0.4 is 10.2 Å². The number of nitrogens with zero attached hydrogens (tertiary/aromatic N) is 4. The van der Waals surface area contributed by atoms with Crippen molar-refractivity contribution in [2.45, 2.75) is 12.5 Å². The predicted molar refractivity (Wildman–Crippen MR) is 77.2 cm³/mol. The van der Waals surface area contributed by atoms with E-state index in [9.17, 15) is 0 Å². The third kappa shape index (κ3) is 3.40. The molecule has 1 atom stereocenters. The highest BCUT2D eigenvalue weighted by Gasteiger charge is 2.19. The maximum atomic E-state index is 5.99. The molecule has 0 bridgehead atoms. The molecule has 1 N–H and O–H groups in total. The number of morpholine rings is 1. The summed E-state index contributed by atoms with van der Waals surface area (Å²) >= 11 is 7.93. The Balaban J connectivity index is 1.74. The van der Waals surface area contributed by atoms with Gasteiger partial charge in [-0.25, -0.2) is 0 Å². The van der Waals surface area contributed by atoms with E-state index in [1.807, 2.05) is 11.8 Å². The van der Waals surface area contributed by atoms with Gasteiger partial charge in [0.25, 0.3) is 0 Å². The van der Waals surface area contributed by atoms with E-state index in [4.69, 9.17) is 16.3 Å². The molecule has 3 heterocycles. The highest BCUT2D eigenvalue weighted by molar-refractivity contribution is 7.99. The Bertz CT molecular complexity index is 437. The van der Waals surface area contributed by atoms with Crippen LogP contribution in [0.2, 0.25) is 5.28 Å². The zero-order chi connectivity index (χ0) is 13.1. The Morgan fingerprint density at radius 3 is 2.84 bits per heavy atom. The molecule has 3 rings (SSSR count). The van der Waals surface area contributed by atoms with Gasteiger partial charge >= 0.3 is 0 Å². The number of hydrogen-bond acceptors (Lipinski definition) is 7. The zero-order valence-electron chi connectivity index (χ0n) is 10.5. The molecule has 6 nitrogen and oxygen atoms in total. The number of halogens is 1. The van der Waals surface area contributed by atoms with Crippen LogP contribution in [0.25, 0.3) is 0 Å². The molecule has 104 valence electrons. The van der Waals surface area contributed by atoms with E-state index >= 15 is 0 Å². The van der Waals surface area contributed by atoms with Gasteiger partial charge in [0.2, 0.25) is 17.2 Å². The maximum Gasteiger partial charge on any atom is 0.231 e. The van der Waals surface area contributed by atoms with Crippen LogP contribution in [-0.4, -0.2) is 58.8 Å². The zero-order valence-corrected chi connectivity index (χ0v) is 12.1. The third-order valence-electron chi connectivity index (χ3n) is 3.15. The lowest BCUT2D eigenvalue weighted by molar-refractivity contribution is 0.122. The van der Waals surface area contributed by atoms with Crippen molar-refractivity contribution in [3.8, 4) is 0 Å². The number of hydrogen-bond donors (Lipinski definition) is 1. The topological polar surface area (TPSA) is 63.2 Å². The summed E-state index contributed by atoms with van der Waals surface area (Å²) in [7, 11) is 0. The fraction of sp³-hybridized carbons (Fsp3) is 0.727. The van der Waals surface area contributed by atoms with Crippen molar-refractivity contribution in [3.05, 3.63) is 5.28 Å². The van der Waals surface area contributed by atoms with Crippen molar-refractivity contribution >= 4 is 35.3 Å². The molecular formula is C11H16ClN5OS. The van der Waals surface area contributed by atoms with E-state index in [2.05, 4.69) is 25.2 Å². The van der Waals surface area contributed by atoms with Crippen LogP contribution >= 0.6 is 23.4 Å². The van der Waals surface area contributed by atoms with Crippen LogP contribution in [0.15, 0.2) is 0 Å². The number of thioether (sulfide) groups is 1. The molecule has 1 aromatic heterocycles. The van der Waals surface area contributed by atoms with Crippen molar-refractivity contribution < 1.29 is 4.74 Å². The van der Waals surface area contributed by atoms with Gasteiger partial charge in [-0.05, 0) is 23.8 Å². The molecule has 1 aromatic rings. The number of aromatic nitrogens is 3. The summed E-state index contributed by atoms with van der Waals surface area (Å²) in [5.74, 6) is 3.49. The molecule has 2 aliphatic heterocycles. The molecule has 0 radical (unpaired) electrons. The molecule has 0 amide bonds. The maximum absolute atomic E-state index is 5.99. The molecule has 2 saturated heterocycles. The van der Waals surface area contributed by atoms with Crippen LogP contribution in [0, 0.1) is 0 Å². The van der Waals surface area contributed by atoms with E-state index in [1.165, 1.54) is 5.75 Å². The lowest BCUT2D eigenvalue weighted by Gasteiger charge is -2.27. The van der Waals surface area contributed by atoms with Gasteiger partial charge in [-0.15, -0.1) is 0 Å². The van der Waals surface area contributed by atoms with Crippen LogP contribution in [0.1, 0.15) is 6.42 Å². The van der Waals surface area contributed by atoms with Crippen molar-refractivity contribution in [1.29, 1.82) is 0 Å². The first-order valence-electron chi connectivity index (χ1n) is 6.40. The van der Waals surface area contributed by atoms with E-state index in [0.717, 1.165) is 25.3 Å². The summed E-state index contributed by atoms with van der Waals surface area (Å²) < 4.78 is 5.33. The fourth-order valence-electron chi connectivity index (χ4n) is 2.14. The molecule has 2 fully saturated rings. The summed E-state index contributed by atoms with van der Waals surface area (Å²) in [6, 6.07) is 0.431. The first kappa shape index (κ1) is 13.2. The van der Waals surface area contributed by atoms with Crippen LogP contribution in [0.3, 0.4) is 0 Å². The van der Waals surface area contributed by atoms with Crippen LogP contribution in [-0.2, 0) is 4.74 Å². The minimum atomic E-state index is 0.240. The molecule has 0 aromatic carbocycles. The lowest BCUT2D eigenvalue weighted by atomic mass is 10.3. The Labute approximate surface area is 121 Å². The van der Waals surface area contributed by atoms with Crippen molar-refractivity contribution in [1.82, 2.24) is 15.0 Å². The van der Waals surface area contributed by atoms with E-state index in [1.54, 1.807) is 0 Å². The summed E-state index contributed by atoms with van der Waals surface area (Å²) in [5.41, 5.74) is 0. The minimum absolute atomic E-state index is 0.240. The second kappa shape index (κ2) is 6.11. The largest absolute Gasteiger partial charge is 0.378 e. The number of anilines is 2. The van der Waals surface area contributed by atoms with Gasteiger partial charge in [0, 0.05) is 24.9 Å². The molecule has 19 heavy (non-hydrogen) atoms. The average Bonchev–Trinajstić information content (AvgIpc) is 2.92. The molecule has 1 unspecified atom stereocenters. The van der Waals surface area contributed by atoms with Crippen molar-refractivity contribution in [2.24, 2.45) is 0 Å². The molecular weight excluding hydrogens is 286 g/mol. The molecule has 8 heteroatoms. The Morgan fingerprint density at radius 1 is 1.26 bits per heavy atom. The van der Waals surface area contributed by atoms with Crippen LogP contribution in [0.5, 0.6) is 0 Å². The van der Waals surface area contributed by atoms with Crippen molar-refractivity contribution in [2.75, 3.05) is 48.0 Å². The van der Waals surface area contributed by atoms with Gasteiger partial charge in [0.05, 0.1) is 13.2 Å². The second-order valence-corrected chi connectivity index (χ2v) is 6.02. The predicted octanol–water partition coefficient (Wildman–Crippen LogP) is 1.28. The number of rotatable bonds is 3. The quantitative estimate of drug-likeness (QED) is 0.902. The van der Waals surface area contributed by atoms with Gasteiger partial charge < -0.3 is 15.0 Å². The first-order valence-corrected chi connectivity index (χ1v) is 7.93. The van der Waals surface area contributed by atoms with Gasteiger partial charge in [0.1, 0.15) is 0 Å². The van der Waals surface area contributed by atoms with Gasteiger partial charge in [-0.2, -0.15) is 26.7 Å². The van der Waals surface area contributed by atoms with E-state index < -0.39 is 0 Å². The third-order valence-corrected chi connectivity index (χ3v) is 4.48. The Hall–Kier alpha value is -0.790. The van der Waals surface area contributed by atoms with Gasteiger partial charge in [-0.1, -0.05) is 0 Å². The average molecular weight is 302 g/mol. The minimum Gasteiger partial charge on any atom is -0.378 e. The van der Waals surface area contributed by atoms with Crippen molar-refractivity contribution in [3.63, 3.8) is 0 Å². The second-order valence-electron chi connectivity index (χ2n) is 4.53. The SMILES string of the molecule is Clc1nc(NC2CCSC2)nc(N2CCOCC2)n1. The fourth-order valence-corrected chi connectivity index (χ4v) is 3.45. The van der Waals surface area contributed by atoms with E-state index in [0.29, 0.717) is 31.2 Å². The first-order chi connectivity index (χ1) is 9.31. The monoisotopic (exact) mass is 301 g/mol. The normalized spacial score (nSPS) is 23.6. The molecule has 0 aliphatic carbocycles. The molecule has 0 saturated carbocycles. The molecule has 2 aliphatic rings. The summed E-state index contributed by atoms with van der Waals surface area (Å²) in [6.45, 7) is 2.98. The Morgan fingerprint density at radius 2 is 2.11 bits per heavy atom. The number of nitrogens with one attached hydrogen (secondary N) is 1.